The Balaban J connectivity index is 1.48. The highest BCUT2D eigenvalue weighted by molar-refractivity contribution is 7.12. The molecule has 0 aliphatic heterocycles. The zero-order valence-corrected chi connectivity index (χ0v) is 18.9. The number of aliphatic hydroxyl groups is 1. The van der Waals surface area contributed by atoms with Crippen molar-refractivity contribution in [2.24, 2.45) is 0 Å². The van der Waals surface area contributed by atoms with E-state index in [4.69, 9.17) is 0 Å². The van der Waals surface area contributed by atoms with Crippen molar-refractivity contribution in [2.75, 3.05) is 6.54 Å². The van der Waals surface area contributed by atoms with Crippen LogP contribution in [-0.2, 0) is 10.2 Å². The molecule has 2 N–H and O–H groups in total. The third kappa shape index (κ3) is 5.08. The molecule has 1 aliphatic rings. The number of aliphatic hydroxyl groups excluding tert-OH is 1. The highest BCUT2D eigenvalue weighted by atomic mass is 32.1. The Morgan fingerprint density at radius 2 is 1.55 bits per heavy atom. The van der Waals surface area contributed by atoms with Crippen LogP contribution in [0, 0.1) is 0 Å². The third-order valence-electron chi connectivity index (χ3n) is 6.54. The SMILES string of the molecule is CC(O)c1ccc(C2(CNC(=O)CC(c3ccccc3)c3ccccc3)CCCC2)s1. The van der Waals surface area contributed by atoms with Crippen molar-refractivity contribution < 1.29 is 9.90 Å². The maximum atomic E-state index is 13.1. The Morgan fingerprint density at radius 3 is 2.06 bits per heavy atom. The van der Waals surface area contributed by atoms with Crippen LogP contribution in [-0.4, -0.2) is 17.6 Å². The Bertz CT molecular complexity index is 935. The second kappa shape index (κ2) is 9.80. The molecule has 4 rings (SSSR count). The van der Waals surface area contributed by atoms with Crippen LogP contribution in [0.25, 0.3) is 0 Å². The van der Waals surface area contributed by atoms with Crippen molar-refractivity contribution >= 4 is 17.2 Å². The molecule has 3 nitrogen and oxygen atoms in total. The molecule has 1 heterocycles. The lowest BCUT2D eigenvalue weighted by atomic mass is 9.84. The minimum absolute atomic E-state index is 0.00244. The molecule has 0 bridgehead atoms. The fraction of sp³-hybridized carbons (Fsp3) is 0.370. The Morgan fingerprint density at radius 1 is 0.968 bits per heavy atom. The Labute approximate surface area is 189 Å². The molecular formula is C27H31NO2S. The summed E-state index contributed by atoms with van der Waals surface area (Å²) in [7, 11) is 0. The second-order valence-corrected chi connectivity index (χ2v) is 9.84. The lowest BCUT2D eigenvalue weighted by molar-refractivity contribution is -0.121. The van der Waals surface area contributed by atoms with Gasteiger partial charge in [0.15, 0.2) is 0 Å². The summed E-state index contributed by atoms with van der Waals surface area (Å²) < 4.78 is 0. The molecule has 1 amide bonds. The average Bonchev–Trinajstić information content (AvgIpc) is 3.48. The fourth-order valence-electron chi connectivity index (χ4n) is 4.75. The molecule has 4 heteroatoms. The van der Waals surface area contributed by atoms with Crippen LogP contribution in [0.4, 0.5) is 0 Å². The van der Waals surface area contributed by atoms with E-state index >= 15 is 0 Å². The first-order chi connectivity index (χ1) is 15.1. The Kier molecular flexibility index (Phi) is 6.89. The normalized spacial score (nSPS) is 16.4. The van der Waals surface area contributed by atoms with Crippen molar-refractivity contribution in [2.45, 2.75) is 56.5 Å². The third-order valence-corrected chi connectivity index (χ3v) is 8.04. The largest absolute Gasteiger partial charge is 0.388 e. The van der Waals surface area contributed by atoms with Crippen LogP contribution in [0.3, 0.4) is 0 Å². The minimum Gasteiger partial charge on any atom is -0.388 e. The fourth-order valence-corrected chi connectivity index (χ4v) is 5.94. The predicted molar refractivity (Wildman–Crippen MR) is 127 cm³/mol. The van der Waals surface area contributed by atoms with Crippen molar-refractivity contribution in [3.05, 3.63) is 93.7 Å². The predicted octanol–water partition coefficient (Wildman–Crippen LogP) is 5.95. The summed E-state index contributed by atoms with van der Waals surface area (Å²) in [6.45, 7) is 2.48. The van der Waals surface area contributed by atoms with Crippen LogP contribution in [0.1, 0.15) is 71.9 Å². The molecule has 1 atom stereocenters. The van der Waals surface area contributed by atoms with Gasteiger partial charge in [0.2, 0.25) is 5.91 Å². The van der Waals surface area contributed by atoms with Crippen LogP contribution >= 0.6 is 11.3 Å². The highest BCUT2D eigenvalue weighted by Gasteiger charge is 2.37. The van der Waals surface area contributed by atoms with Gasteiger partial charge in [0.1, 0.15) is 0 Å². The number of amides is 1. The van der Waals surface area contributed by atoms with Gasteiger partial charge in [-0.3, -0.25) is 4.79 Å². The summed E-state index contributed by atoms with van der Waals surface area (Å²) in [6.07, 6.45) is 4.56. The van der Waals surface area contributed by atoms with E-state index in [0.29, 0.717) is 13.0 Å². The van der Waals surface area contributed by atoms with E-state index in [0.717, 1.165) is 17.7 Å². The number of thiophene rings is 1. The summed E-state index contributed by atoms with van der Waals surface area (Å²) in [4.78, 5) is 15.4. The molecule has 1 fully saturated rings. The van der Waals surface area contributed by atoms with Gasteiger partial charge in [-0.1, -0.05) is 73.5 Å². The first kappa shape index (κ1) is 21.8. The van der Waals surface area contributed by atoms with Gasteiger partial charge in [-0.25, -0.2) is 0 Å². The zero-order valence-electron chi connectivity index (χ0n) is 18.1. The van der Waals surface area contributed by atoms with Gasteiger partial charge in [0.25, 0.3) is 0 Å². The van der Waals surface area contributed by atoms with Gasteiger partial charge >= 0.3 is 0 Å². The second-order valence-electron chi connectivity index (χ2n) is 8.72. The number of hydrogen-bond donors (Lipinski definition) is 2. The molecule has 162 valence electrons. The van der Waals surface area contributed by atoms with Gasteiger partial charge in [0.05, 0.1) is 6.10 Å². The van der Waals surface area contributed by atoms with Crippen LogP contribution in [0.15, 0.2) is 72.8 Å². The molecule has 1 aliphatic carbocycles. The number of benzene rings is 2. The molecular weight excluding hydrogens is 402 g/mol. The summed E-state index contributed by atoms with van der Waals surface area (Å²) in [5.74, 6) is 0.141. The topological polar surface area (TPSA) is 49.3 Å². The molecule has 31 heavy (non-hydrogen) atoms. The molecule has 2 aromatic carbocycles. The van der Waals surface area contributed by atoms with Crippen LogP contribution in [0.5, 0.6) is 0 Å². The van der Waals surface area contributed by atoms with E-state index in [-0.39, 0.29) is 17.2 Å². The van der Waals surface area contributed by atoms with E-state index in [2.05, 4.69) is 35.6 Å². The molecule has 1 unspecified atom stereocenters. The van der Waals surface area contributed by atoms with E-state index < -0.39 is 6.10 Å². The summed E-state index contributed by atoms with van der Waals surface area (Å²) >= 11 is 1.70. The van der Waals surface area contributed by atoms with Gasteiger partial charge in [-0.2, -0.15) is 0 Å². The summed E-state index contributed by atoms with van der Waals surface area (Å²) in [6, 6.07) is 24.8. The molecule has 3 aromatic rings. The quantitative estimate of drug-likeness (QED) is 0.461. The number of hydrogen-bond acceptors (Lipinski definition) is 3. The van der Waals surface area contributed by atoms with Crippen molar-refractivity contribution in [1.29, 1.82) is 0 Å². The lowest BCUT2D eigenvalue weighted by Gasteiger charge is -2.29. The van der Waals surface area contributed by atoms with E-state index in [1.54, 1.807) is 11.3 Å². The summed E-state index contributed by atoms with van der Waals surface area (Å²) in [5.41, 5.74) is 2.33. The van der Waals surface area contributed by atoms with Gasteiger partial charge in [0, 0.05) is 34.1 Å². The Hall–Kier alpha value is -2.43. The molecule has 0 spiro atoms. The van der Waals surface area contributed by atoms with Gasteiger partial charge in [-0.05, 0) is 43.0 Å². The number of carbonyl (C=O) groups is 1. The minimum atomic E-state index is -0.440. The first-order valence-electron chi connectivity index (χ1n) is 11.2. The number of rotatable bonds is 8. The first-order valence-corrected chi connectivity index (χ1v) is 12.0. The molecule has 0 saturated heterocycles. The molecule has 1 saturated carbocycles. The van der Waals surface area contributed by atoms with E-state index in [9.17, 15) is 9.90 Å². The molecule has 0 radical (unpaired) electrons. The monoisotopic (exact) mass is 433 g/mol. The van der Waals surface area contributed by atoms with Gasteiger partial charge in [-0.15, -0.1) is 11.3 Å². The van der Waals surface area contributed by atoms with Crippen LogP contribution < -0.4 is 5.32 Å². The van der Waals surface area contributed by atoms with Crippen molar-refractivity contribution in [1.82, 2.24) is 5.32 Å². The number of carbonyl (C=O) groups excluding carboxylic acids is 1. The van der Waals surface area contributed by atoms with Crippen molar-refractivity contribution in [3.8, 4) is 0 Å². The summed E-state index contributed by atoms with van der Waals surface area (Å²) in [5, 5.41) is 13.2. The van der Waals surface area contributed by atoms with E-state index in [1.807, 2.05) is 49.4 Å². The smallest absolute Gasteiger partial charge is 0.220 e. The highest BCUT2D eigenvalue weighted by Crippen LogP contribution is 2.44. The van der Waals surface area contributed by atoms with E-state index in [1.165, 1.54) is 28.8 Å². The average molecular weight is 434 g/mol. The lowest BCUT2D eigenvalue weighted by Crippen LogP contribution is -2.39. The standard InChI is InChI=1S/C27H31NO2S/c1-20(29)24-14-15-25(31-24)27(16-8-9-17-27)19-28-26(30)18-23(21-10-4-2-5-11-21)22-12-6-3-7-13-22/h2-7,10-15,20,23,29H,8-9,16-19H2,1H3,(H,28,30). The van der Waals surface area contributed by atoms with Crippen LogP contribution in [0.2, 0.25) is 0 Å². The zero-order chi connectivity index (χ0) is 21.7. The maximum absolute atomic E-state index is 13.1. The van der Waals surface area contributed by atoms with Gasteiger partial charge < -0.3 is 10.4 Å². The van der Waals surface area contributed by atoms with Crippen molar-refractivity contribution in [3.63, 3.8) is 0 Å². The maximum Gasteiger partial charge on any atom is 0.220 e. The molecule has 1 aromatic heterocycles. The number of nitrogens with one attached hydrogen (secondary N) is 1.